The predicted octanol–water partition coefficient (Wildman–Crippen LogP) is 2.75. The number of benzene rings is 1. The van der Waals surface area contributed by atoms with Crippen LogP contribution in [0.1, 0.15) is 31.2 Å². The second-order valence-electron chi connectivity index (χ2n) is 5.98. The van der Waals surface area contributed by atoms with E-state index in [-0.39, 0.29) is 0 Å². The minimum atomic E-state index is -0.616. The van der Waals surface area contributed by atoms with E-state index in [2.05, 4.69) is 23.3 Å². The average molecular weight is 271 g/mol. The summed E-state index contributed by atoms with van der Waals surface area (Å²) in [6.07, 6.45) is 5.42. The van der Waals surface area contributed by atoms with E-state index < -0.39 is 5.54 Å². The molecule has 1 aromatic rings. The standard InChI is InChI=1S/C17H25N3/c1-19-17(13-18,16-10-4-3-5-11-16)14-20(2)12-15-8-6-7-9-15/h3-5,10-11,15,19H,6-9,12,14H2,1-2H3. The molecule has 3 nitrogen and oxygen atoms in total. The monoisotopic (exact) mass is 271 g/mol. The van der Waals surface area contributed by atoms with Crippen LogP contribution in [0.3, 0.4) is 0 Å². The summed E-state index contributed by atoms with van der Waals surface area (Å²) in [5.74, 6) is 0.809. The van der Waals surface area contributed by atoms with Gasteiger partial charge in [0.2, 0.25) is 0 Å². The lowest BCUT2D eigenvalue weighted by Crippen LogP contribution is -2.48. The van der Waals surface area contributed by atoms with Crippen LogP contribution in [0.4, 0.5) is 0 Å². The Morgan fingerprint density at radius 1 is 1.30 bits per heavy atom. The van der Waals surface area contributed by atoms with Gasteiger partial charge in [-0.1, -0.05) is 43.2 Å². The van der Waals surface area contributed by atoms with E-state index in [0.717, 1.165) is 24.6 Å². The van der Waals surface area contributed by atoms with Crippen LogP contribution < -0.4 is 5.32 Å². The van der Waals surface area contributed by atoms with Crippen LogP contribution in [-0.2, 0) is 5.54 Å². The van der Waals surface area contributed by atoms with E-state index in [1.807, 2.05) is 37.4 Å². The lowest BCUT2D eigenvalue weighted by atomic mass is 9.90. The molecule has 1 aliphatic carbocycles. The zero-order chi connectivity index (χ0) is 14.4. The highest BCUT2D eigenvalue weighted by atomic mass is 15.1. The van der Waals surface area contributed by atoms with Gasteiger partial charge in [0.25, 0.3) is 0 Å². The summed E-state index contributed by atoms with van der Waals surface area (Å²) in [6.45, 7) is 1.82. The fourth-order valence-electron chi connectivity index (χ4n) is 3.30. The highest BCUT2D eigenvalue weighted by molar-refractivity contribution is 5.31. The van der Waals surface area contributed by atoms with Crippen molar-refractivity contribution in [1.82, 2.24) is 10.2 Å². The molecule has 108 valence electrons. The zero-order valence-electron chi connectivity index (χ0n) is 12.6. The van der Waals surface area contributed by atoms with E-state index in [1.54, 1.807) is 0 Å². The zero-order valence-corrected chi connectivity index (χ0v) is 12.6. The predicted molar refractivity (Wildman–Crippen MR) is 82.2 cm³/mol. The average Bonchev–Trinajstić information content (AvgIpc) is 2.98. The third kappa shape index (κ3) is 3.39. The molecule has 1 aromatic carbocycles. The topological polar surface area (TPSA) is 39.1 Å². The van der Waals surface area contributed by atoms with Crippen LogP contribution in [0, 0.1) is 17.2 Å². The first-order chi connectivity index (χ1) is 9.70. The molecule has 1 fully saturated rings. The molecule has 0 aromatic heterocycles. The minimum absolute atomic E-state index is 0.616. The summed E-state index contributed by atoms with van der Waals surface area (Å²) in [5, 5.41) is 12.9. The van der Waals surface area contributed by atoms with Gasteiger partial charge in [-0.3, -0.25) is 5.32 Å². The molecule has 0 radical (unpaired) electrons. The van der Waals surface area contributed by atoms with Crippen molar-refractivity contribution in [1.29, 1.82) is 5.26 Å². The van der Waals surface area contributed by atoms with E-state index in [4.69, 9.17) is 0 Å². The van der Waals surface area contributed by atoms with Crippen LogP contribution in [0.2, 0.25) is 0 Å². The van der Waals surface area contributed by atoms with Crippen LogP contribution >= 0.6 is 0 Å². The van der Waals surface area contributed by atoms with Gasteiger partial charge in [-0.25, -0.2) is 0 Å². The number of hydrogen-bond donors (Lipinski definition) is 1. The van der Waals surface area contributed by atoms with Crippen molar-refractivity contribution in [2.45, 2.75) is 31.2 Å². The van der Waals surface area contributed by atoms with E-state index in [0.29, 0.717) is 0 Å². The summed E-state index contributed by atoms with van der Waals surface area (Å²) in [5.41, 5.74) is 0.428. The second kappa shape index (κ2) is 6.88. The SMILES string of the molecule is CNC(C#N)(CN(C)CC1CCCC1)c1ccccc1. The van der Waals surface area contributed by atoms with Crippen LogP contribution in [0.25, 0.3) is 0 Å². The molecule has 20 heavy (non-hydrogen) atoms. The number of nitrogens with zero attached hydrogens (tertiary/aromatic N) is 2. The van der Waals surface area contributed by atoms with Crippen LogP contribution in [0.15, 0.2) is 30.3 Å². The fourth-order valence-corrected chi connectivity index (χ4v) is 3.30. The first-order valence-electron chi connectivity index (χ1n) is 7.54. The fraction of sp³-hybridized carbons (Fsp3) is 0.588. The number of hydrogen-bond acceptors (Lipinski definition) is 3. The van der Waals surface area contributed by atoms with E-state index in [9.17, 15) is 5.26 Å². The van der Waals surface area contributed by atoms with Crippen molar-refractivity contribution < 1.29 is 0 Å². The van der Waals surface area contributed by atoms with Crippen molar-refractivity contribution in [2.24, 2.45) is 5.92 Å². The molecule has 0 aliphatic heterocycles. The molecular weight excluding hydrogens is 246 g/mol. The Balaban J connectivity index is 2.07. The number of rotatable bonds is 6. The van der Waals surface area contributed by atoms with Crippen LogP contribution in [-0.4, -0.2) is 32.1 Å². The van der Waals surface area contributed by atoms with Gasteiger partial charge in [0.05, 0.1) is 6.07 Å². The maximum Gasteiger partial charge on any atom is 0.144 e. The van der Waals surface area contributed by atoms with Gasteiger partial charge in [0, 0.05) is 13.1 Å². The number of nitriles is 1. The smallest absolute Gasteiger partial charge is 0.144 e. The first-order valence-corrected chi connectivity index (χ1v) is 7.54. The van der Waals surface area contributed by atoms with E-state index in [1.165, 1.54) is 25.7 Å². The van der Waals surface area contributed by atoms with Crippen molar-refractivity contribution in [3.05, 3.63) is 35.9 Å². The van der Waals surface area contributed by atoms with Gasteiger partial charge in [0.1, 0.15) is 5.54 Å². The Kier molecular flexibility index (Phi) is 5.17. The van der Waals surface area contributed by atoms with Gasteiger partial charge >= 0.3 is 0 Å². The molecule has 0 heterocycles. The summed E-state index contributed by atoms with van der Waals surface area (Å²) >= 11 is 0. The van der Waals surface area contributed by atoms with Gasteiger partial charge in [0.15, 0.2) is 0 Å². The third-order valence-corrected chi connectivity index (χ3v) is 4.44. The van der Waals surface area contributed by atoms with Crippen molar-refractivity contribution >= 4 is 0 Å². The maximum absolute atomic E-state index is 9.70. The van der Waals surface area contributed by atoms with Gasteiger partial charge in [-0.05, 0) is 38.4 Å². The first kappa shape index (κ1) is 15.0. The molecular formula is C17H25N3. The lowest BCUT2D eigenvalue weighted by molar-refractivity contribution is 0.225. The number of nitrogens with one attached hydrogen (secondary N) is 1. The van der Waals surface area contributed by atoms with E-state index >= 15 is 0 Å². The molecule has 1 N–H and O–H groups in total. The summed E-state index contributed by atoms with van der Waals surface area (Å²) in [6, 6.07) is 12.5. The molecule has 0 amide bonds. The van der Waals surface area contributed by atoms with Crippen molar-refractivity contribution in [3.63, 3.8) is 0 Å². The Bertz CT molecular complexity index is 445. The Hall–Kier alpha value is -1.37. The van der Waals surface area contributed by atoms with Crippen LogP contribution in [0.5, 0.6) is 0 Å². The minimum Gasteiger partial charge on any atom is -0.303 e. The Morgan fingerprint density at radius 2 is 1.95 bits per heavy atom. The summed E-state index contributed by atoms with van der Waals surface area (Å²) in [7, 11) is 4.00. The molecule has 1 atom stereocenters. The van der Waals surface area contributed by atoms with Gasteiger partial charge < -0.3 is 4.90 Å². The van der Waals surface area contributed by atoms with Crippen molar-refractivity contribution in [2.75, 3.05) is 27.2 Å². The molecule has 0 bridgehead atoms. The molecule has 3 heteroatoms. The van der Waals surface area contributed by atoms with Gasteiger partial charge in [-0.15, -0.1) is 0 Å². The lowest BCUT2D eigenvalue weighted by Gasteiger charge is -2.32. The molecule has 0 spiro atoms. The van der Waals surface area contributed by atoms with Crippen molar-refractivity contribution in [3.8, 4) is 6.07 Å². The molecule has 1 aliphatic rings. The Labute approximate surface area is 122 Å². The summed E-state index contributed by atoms with van der Waals surface area (Å²) in [4.78, 5) is 2.31. The maximum atomic E-state index is 9.70. The summed E-state index contributed by atoms with van der Waals surface area (Å²) < 4.78 is 0. The molecule has 1 saturated carbocycles. The highest BCUT2D eigenvalue weighted by Crippen LogP contribution is 2.27. The molecule has 1 unspecified atom stereocenters. The normalized spacial score (nSPS) is 18.9. The molecule has 0 saturated heterocycles. The third-order valence-electron chi connectivity index (χ3n) is 4.44. The highest BCUT2D eigenvalue weighted by Gasteiger charge is 2.32. The van der Waals surface area contributed by atoms with Gasteiger partial charge in [-0.2, -0.15) is 5.26 Å². The molecule has 2 rings (SSSR count). The quantitative estimate of drug-likeness (QED) is 0.864. The second-order valence-corrected chi connectivity index (χ2v) is 5.98. The number of likely N-dealkylation sites (N-methyl/N-ethyl adjacent to an activating group) is 2. The largest absolute Gasteiger partial charge is 0.303 e. The Morgan fingerprint density at radius 3 is 2.50 bits per heavy atom.